The lowest BCUT2D eigenvalue weighted by atomic mass is 9.86. The molecule has 19 heavy (non-hydrogen) atoms. The van der Waals surface area contributed by atoms with Gasteiger partial charge in [0.2, 0.25) is 11.8 Å². The summed E-state index contributed by atoms with van der Waals surface area (Å²) in [5, 5.41) is 11.9. The van der Waals surface area contributed by atoms with Gasteiger partial charge in [0.15, 0.2) is 0 Å². The average molecular weight is 288 g/mol. The predicted molar refractivity (Wildman–Crippen MR) is 72.7 cm³/mol. The van der Waals surface area contributed by atoms with Crippen LogP contribution in [0.1, 0.15) is 32.1 Å². The highest BCUT2D eigenvalue weighted by Crippen LogP contribution is 2.37. The molecule has 2 amide bonds. The predicted octanol–water partition coefficient (Wildman–Crippen LogP) is 0.356. The molecule has 0 radical (unpaired) electrons. The van der Waals surface area contributed by atoms with Crippen LogP contribution in [-0.2, 0) is 14.4 Å². The Balaban J connectivity index is 2.25. The van der Waals surface area contributed by atoms with Crippen LogP contribution in [0.25, 0.3) is 0 Å². The van der Waals surface area contributed by atoms with Crippen LogP contribution in [0.3, 0.4) is 0 Å². The van der Waals surface area contributed by atoms with Crippen molar-refractivity contribution in [2.75, 3.05) is 18.1 Å². The van der Waals surface area contributed by atoms with Crippen LogP contribution < -0.4 is 11.1 Å². The highest BCUT2D eigenvalue weighted by Gasteiger charge is 2.41. The largest absolute Gasteiger partial charge is 0.481 e. The maximum absolute atomic E-state index is 11.6. The summed E-state index contributed by atoms with van der Waals surface area (Å²) >= 11 is 1.30. The van der Waals surface area contributed by atoms with Gasteiger partial charge in [0.05, 0.1) is 11.2 Å². The fourth-order valence-electron chi connectivity index (χ4n) is 2.21. The van der Waals surface area contributed by atoms with E-state index in [9.17, 15) is 19.5 Å². The molecule has 0 atom stereocenters. The number of nitrogens with one attached hydrogen (secondary N) is 1. The van der Waals surface area contributed by atoms with Gasteiger partial charge in [-0.15, -0.1) is 0 Å². The maximum atomic E-state index is 11.6. The lowest BCUT2D eigenvalue weighted by Crippen LogP contribution is -2.41. The molecule has 0 aromatic carbocycles. The van der Waals surface area contributed by atoms with Crippen molar-refractivity contribution in [3.63, 3.8) is 0 Å². The second-order valence-electron chi connectivity index (χ2n) is 4.84. The van der Waals surface area contributed by atoms with Crippen molar-refractivity contribution < 1.29 is 19.5 Å². The molecule has 108 valence electrons. The maximum Gasteiger partial charge on any atom is 0.311 e. The zero-order valence-electron chi connectivity index (χ0n) is 10.8. The molecule has 0 heterocycles. The van der Waals surface area contributed by atoms with Crippen molar-refractivity contribution in [2.24, 2.45) is 11.1 Å². The van der Waals surface area contributed by atoms with E-state index in [1.165, 1.54) is 11.8 Å². The molecule has 0 aromatic rings. The second-order valence-corrected chi connectivity index (χ2v) is 5.94. The number of nitrogens with two attached hydrogens (primary N) is 1. The number of thioether (sulfide) groups is 1. The summed E-state index contributed by atoms with van der Waals surface area (Å²) in [6.45, 7) is 0.196. The Kier molecular flexibility index (Phi) is 6.14. The molecule has 0 aliphatic heterocycles. The second kappa shape index (κ2) is 7.37. The van der Waals surface area contributed by atoms with Crippen LogP contribution in [0, 0.1) is 5.41 Å². The van der Waals surface area contributed by atoms with Gasteiger partial charge in [-0.3, -0.25) is 14.4 Å². The summed E-state index contributed by atoms with van der Waals surface area (Å²) in [5.41, 5.74) is 4.19. The Morgan fingerprint density at radius 2 is 1.89 bits per heavy atom. The third-order valence-electron chi connectivity index (χ3n) is 3.36. The van der Waals surface area contributed by atoms with Crippen molar-refractivity contribution in [3.8, 4) is 0 Å². The molecular formula is C12H20N2O4S. The van der Waals surface area contributed by atoms with Gasteiger partial charge >= 0.3 is 5.97 Å². The molecule has 0 aromatic heterocycles. The fourth-order valence-corrected chi connectivity index (χ4v) is 2.89. The molecule has 4 N–H and O–H groups in total. The van der Waals surface area contributed by atoms with Crippen LogP contribution in [0.15, 0.2) is 0 Å². The SMILES string of the molecule is NC(=O)CSCCC(=O)NCC1(C(=O)O)CCCC1. The summed E-state index contributed by atoms with van der Waals surface area (Å²) in [4.78, 5) is 33.3. The fraction of sp³-hybridized carbons (Fsp3) is 0.750. The van der Waals surface area contributed by atoms with Crippen LogP contribution in [0.4, 0.5) is 0 Å². The van der Waals surface area contributed by atoms with Gasteiger partial charge < -0.3 is 16.2 Å². The molecule has 7 heteroatoms. The number of carboxylic acid groups (broad SMARTS) is 1. The smallest absolute Gasteiger partial charge is 0.311 e. The van der Waals surface area contributed by atoms with E-state index in [-0.39, 0.29) is 24.6 Å². The molecular weight excluding hydrogens is 268 g/mol. The number of rotatable bonds is 8. The molecule has 0 spiro atoms. The quantitative estimate of drug-likeness (QED) is 0.558. The Bertz CT molecular complexity index is 354. The van der Waals surface area contributed by atoms with Gasteiger partial charge in [-0.2, -0.15) is 11.8 Å². The van der Waals surface area contributed by atoms with E-state index in [0.717, 1.165) is 12.8 Å². The van der Waals surface area contributed by atoms with Crippen LogP contribution in [-0.4, -0.2) is 40.9 Å². The Morgan fingerprint density at radius 3 is 2.42 bits per heavy atom. The molecule has 0 bridgehead atoms. The third-order valence-corrected chi connectivity index (χ3v) is 4.34. The molecule has 1 fully saturated rings. The van der Waals surface area contributed by atoms with Crippen LogP contribution in [0.2, 0.25) is 0 Å². The van der Waals surface area contributed by atoms with E-state index < -0.39 is 17.3 Å². The summed E-state index contributed by atoms with van der Waals surface area (Å²) in [6, 6.07) is 0. The number of carboxylic acids is 1. The zero-order chi connectivity index (χ0) is 14.3. The molecule has 6 nitrogen and oxygen atoms in total. The first-order chi connectivity index (χ1) is 8.96. The van der Waals surface area contributed by atoms with Crippen molar-refractivity contribution in [3.05, 3.63) is 0 Å². The van der Waals surface area contributed by atoms with Crippen LogP contribution >= 0.6 is 11.8 Å². The minimum atomic E-state index is -0.826. The molecule has 1 rings (SSSR count). The number of hydrogen-bond acceptors (Lipinski definition) is 4. The lowest BCUT2D eigenvalue weighted by molar-refractivity contribution is -0.148. The van der Waals surface area contributed by atoms with Gasteiger partial charge in [0.1, 0.15) is 0 Å². The minimum absolute atomic E-state index is 0.176. The van der Waals surface area contributed by atoms with E-state index in [1.807, 2.05) is 0 Å². The Morgan fingerprint density at radius 1 is 1.26 bits per heavy atom. The minimum Gasteiger partial charge on any atom is -0.481 e. The monoisotopic (exact) mass is 288 g/mol. The van der Waals surface area contributed by atoms with E-state index in [2.05, 4.69) is 5.32 Å². The zero-order valence-corrected chi connectivity index (χ0v) is 11.6. The lowest BCUT2D eigenvalue weighted by Gasteiger charge is -2.23. The van der Waals surface area contributed by atoms with E-state index in [0.29, 0.717) is 18.6 Å². The molecule has 1 saturated carbocycles. The summed E-state index contributed by atoms with van der Waals surface area (Å²) in [5.74, 6) is -0.694. The third kappa shape index (κ3) is 5.10. The Labute approximate surface area is 116 Å². The molecule has 0 saturated heterocycles. The van der Waals surface area contributed by atoms with Gasteiger partial charge in [0, 0.05) is 18.7 Å². The number of carbonyl (C=O) groups is 3. The normalized spacial score (nSPS) is 17.1. The molecule has 0 unspecified atom stereocenters. The van der Waals surface area contributed by atoms with Gasteiger partial charge in [0.25, 0.3) is 0 Å². The highest BCUT2D eigenvalue weighted by molar-refractivity contribution is 7.99. The van der Waals surface area contributed by atoms with E-state index in [1.54, 1.807) is 0 Å². The average Bonchev–Trinajstić information content (AvgIpc) is 2.82. The number of hydrogen-bond donors (Lipinski definition) is 3. The van der Waals surface area contributed by atoms with Crippen molar-refractivity contribution in [1.82, 2.24) is 5.32 Å². The summed E-state index contributed by atoms with van der Waals surface area (Å²) in [6.07, 6.45) is 3.32. The first kappa shape index (κ1) is 15.8. The summed E-state index contributed by atoms with van der Waals surface area (Å²) in [7, 11) is 0. The van der Waals surface area contributed by atoms with Crippen molar-refractivity contribution in [1.29, 1.82) is 0 Å². The van der Waals surface area contributed by atoms with Crippen molar-refractivity contribution >= 4 is 29.5 Å². The van der Waals surface area contributed by atoms with Crippen LogP contribution in [0.5, 0.6) is 0 Å². The molecule has 1 aliphatic rings. The standard InChI is InChI=1S/C12H20N2O4S/c13-9(15)7-19-6-3-10(16)14-8-12(11(17)18)4-1-2-5-12/h1-8H2,(H2,13,15)(H,14,16)(H,17,18). The van der Waals surface area contributed by atoms with Crippen molar-refractivity contribution in [2.45, 2.75) is 32.1 Å². The Hall–Kier alpha value is -1.24. The topological polar surface area (TPSA) is 109 Å². The first-order valence-corrected chi connectivity index (χ1v) is 7.48. The number of primary amides is 1. The number of amides is 2. The van der Waals surface area contributed by atoms with E-state index in [4.69, 9.17) is 5.73 Å². The molecule has 1 aliphatic carbocycles. The van der Waals surface area contributed by atoms with E-state index >= 15 is 0 Å². The number of carbonyl (C=O) groups excluding carboxylic acids is 2. The van der Waals surface area contributed by atoms with Gasteiger partial charge in [-0.1, -0.05) is 12.8 Å². The first-order valence-electron chi connectivity index (χ1n) is 6.32. The van der Waals surface area contributed by atoms with Gasteiger partial charge in [-0.05, 0) is 12.8 Å². The summed E-state index contributed by atoms with van der Waals surface area (Å²) < 4.78 is 0. The number of aliphatic carboxylic acids is 1. The highest BCUT2D eigenvalue weighted by atomic mass is 32.2. The van der Waals surface area contributed by atoms with Gasteiger partial charge in [-0.25, -0.2) is 0 Å².